The van der Waals surface area contributed by atoms with Crippen molar-refractivity contribution in [2.75, 3.05) is 26.2 Å². The van der Waals surface area contributed by atoms with Crippen LogP contribution in [0.2, 0.25) is 0 Å². The van der Waals surface area contributed by atoms with Crippen LogP contribution in [0.15, 0.2) is 72.9 Å². The lowest BCUT2D eigenvalue weighted by molar-refractivity contribution is -0.127. The Kier molecular flexibility index (Phi) is 7.20. The number of hydrogen-bond donors (Lipinski definition) is 2. The quantitative estimate of drug-likeness (QED) is 0.220. The number of H-pyrrole nitrogens is 1. The van der Waals surface area contributed by atoms with Crippen LogP contribution < -0.4 is 0 Å². The van der Waals surface area contributed by atoms with E-state index in [2.05, 4.69) is 20.4 Å². The van der Waals surface area contributed by atoms with Gasteiger partial charge in [-0.25, -0.2) is 9.18 Å². The first-order valence-corrected chi connectivity index (χ1v) is 13.4. The van der Waals surface area contributed by atoms with Crippen LogP contribution in [0, 0.1) is 5.82 Å². The molecule has 0 bridgehead atoms. The molecule has 0 spiro atoms. The number of tetrazole rings is 1. The number of piperazine rings is 1. The first kappa shape index (κ1) is 27.4. The highest BCUT2D eigenvalue weighted by molar-refractivity contribution is 6.45. The van der Waals surface area contributed by atoms with Crippen molar-refractivity contribution in [3.63, 3.8) is 0 Å². The lowest BCUT2D eigenvalue weighted by Crippen LogP contribution is -2.52. The summed E-state index contributed by atoms with van der Waals surface area (Å²) >= 11 is 0. The van der Waals surface area contributed by atoms with Crippen molar-refractivity contribution >= 4 is 34.5 Å². The molecular weight excluding hydrogens is 557 g/mol. The maximum absolute atomic E-state index is 15.1. The fourth-order valence-electron chi connectivity index (χ4n) is 5.09. The van der Waals surface area contributed by atoms with Gasteiger partial charge < -0.3 is 19.9 Å². The number of hydrogen-bond acceptors (Lipinski definition) is 7. The van der Waals surface area contributed by atoms with E-state index in [1.54, 1.807) is 41.3 Å². The van der Waals surface area contributed by atoms with Crippen molar-refractivity contribution in [3.05, 3.63) is 107 Å². The van der Waals surface area contributed by atoms with E-state index in [0.717, 1.165) is 6.07 Å². The fourth-order valence-corrected chi connectivity index (χ4v) is 5.09. The van der Waals surface area contributed by atoms with Crippen LogP contribution >= 0.6 is 0 Å². The number of carbonyl (C=O) groups excluding carboxylic acids is 3. The molecule has 13 heteroatoms. The largest absolute Gasteiger partial charge is 0.478 e. The molecule has 3 heterocycles. The first-order chi connectivity index (χ1) is 20.8. The smallest absolute Gasteiger partial charge is 0.335 e. The summed E-state index contributed by atoms with van der Waals surface area (Å²) in [6, 6.07) is 17.7. The minimum Gasteiger partial charge on any atom is -0.478 e. The Hall–Kier alpha value is -5.72. The van der Waals surface area contributed by atoms with Crippen molar-refractivity contribution in [2.45, 2.75) is 6.42 Å². The lowest BCUT2D eigenvalue weighted by Gasteiger charge is -2.34. The highest BCUT2D eigenvalue weighted by atomic mass is 19.1. The van der Waals surface area contributed by atoms with E-state index in [-0.39, 0.29) is 60.5 Å². The van der Waals surface area contributed by atoms with E-state index in [4.69, 9.17) is 0 Å². The predicted molar refractivity (Wildman–Crippen MR) is 150 cm³/mol. The number of aromatic nitrogens is 5. The minimum absolute atomic E-state index is 0.0817. The van der Waals surface area contributed by atoms with Crippen molar-refractivity contribution in [1.29, 1.82) is 0 Å². The lowest BCUT2D eigenvalue weighted by atomic mass is 10.1. The van der Waals surface area contributed by atoms with E-state index in [1.807, 2.05) is 6.07 Å². The molecule has 2 amide bonds. The molecule has 0 unspecified atom stereocenters. The molecule has 1 aliphatic rings. The van der Waals surface area contributed by atoms with Crippen molar-refractivity contribution < 1.29 is 28.7 Å². The molecule has 12 nitrogen and oxygen atoms in total. The van der Waals surface area contributed by atoms with Gasteiger partial charge in [-0.3, -0.25) is 14.4 Å². The van der Waals surface area contributed by atoms with Gasteiger partial charge in [-0.1, -0.05) is 30.3 Å². The van der Waals surface area contributed by atoms with Crippen molar-refractivity contribution in [1.82, 2.24) is 35.0 Å². The zero-order chi connectivity index (χ0) is 30.1. The number of benzene rings is 3. The minimum atomic E-state index is -1.05. The van der Waals surface area contributed by atoms with Gasteiger partial charge in [0.25, 0.3) is 17.6 Å². The molecule has 0 radical (unpaired) electrons. The zero-order valence-corrected chi connectivity index (χ0v) is 22.6. The molecule has 0 saturated carbocycles. The maximum atomic E-state index is 15.1. The highest BCUT2D eigenvalue weighted by Crippen LogP contribution is 2.28. The molecule has 3 aromatic carbocycles. The Morgan fingerprint density at radius 3 is 2.35 bits per heavy atom. The van der Waals surface area contributed by atoms with E-state index < -0.39 is 23.5 Å². The second-order valence-corrected chi connectivity index (χ2v) is 9.98. The van der Waals surface area contributed by atoms with Gasteiger partial charge in [0, 0.05) is 49.7 Å². The summed E-state index contributed by atoms with van der Waals surface area (Å²) in [4.78, 5) is 57.5. The SMILES string of the molecule is O=C(O)c1cccc(Cc2nnn(-c3ccc(F)c4c(C(=O)C(=O)N5CCN(C(=O)c6ccccc6)CC5)c[nH]c34)n2)c1. The molecule has 1 fully saturated rings. The topological polar surface area (TPSA) is 154 Å². The van der Waals surface area contributed by atoms with Crippen molar-refractivity contribution in [3.8, 4) is 5.69 Å². The Morgan fingerprint density at radius 2 is 1.60 bits per heavy atom. The molecule has 0 aliphatic carbocycles. The van der Waals surface area contributed by atoms with Crippen LogP contribution in [-0.4, -0.2) is 89.8 Å². The molecule has 0 atom stereocenters. The highest BCUT2D eigenvalue weighted by Gasteiger charge is 2.31. The molecule has 6 rings (SSSR count). The monoisotopic (exact) mass is 581 g/mol. The second-order valence-electron chi connectivity index (χ2n) is 9.98. The Balaban J connectivity index is 1.19. The van der Waals surface area contributed by atoms with Gasteiger partial charge in [0.15, 0.2) is 5.82 Å². The van der Waals surface area contributed by atoms with E-state index in [1.165, 1.54) is 34.1 Å². The van der Waals surface area contributed by atoms with E-state index >= 15 is 4.39 Å². The average molecular weight is 582 g/mol. The summed E-state index contributed by atoms with van der Waals surface area (Å²) in [6.07, 6.45) is 1.49. The number of carbonyl (C=O) groups is 4. The van der Waals surface area contributed by atoms with Crippen LogP contribution in [0.5, 0.6) is 0 Å². The second kappa shape index (κ2) is 11.3. The molecular formula is C30H24FN7O5. The van der Waals surface area contributed by atoms with E-state index in [9.17, 15) is 24.3 Å². The standard InChI is InChI=1S/C30H24FN7O5/c31-22-9-10-23(38-34-24(33-35-38)16-18-5-4-8-20(15-18)30(42)43)26-25(22)21(17-32-26)27(39)29(41)37-13-11-36(12-14-37)28(40)19-6-2-1-3-7-19/h1-10,15,17,32H,11-14,16H2,(H,42,43). The molecule has 1 saturated heterocycles. The fraction of sp³-hybridized carbons (Fsp3) is 0.167. The van der Waals surface area contributed by atoms with Crippen molar-refractivity contribution in [2.24, 2.45) is 0 Å². The number of halogens is 1. The Labute approximate surface area is 243 Å². The number of aromatic carboxylic acids is 1. The number of Topliss-reactive ketones (excluding diaryl/α,β-unsaturated/α-hetero) is 1. The third-order valence-corrected chi connectivity index (χ3v) is 7.28. The summed E-state index contributed by atoms with van der Waals surface area (Å²) in [7, 11) is 0. The molecule has 43 heavy (non-hydrogen) atoms. The Bertz CT molecular complexity index is 1880. The van der Waals surface area contributed by atoms with Gasteiger partial charge in [-0.2, -0.15) is 0 Å². The van der Waals surface area contributed by atoms with Gasteiger partial charge in [-0.15, -0.1) is 15.0 Å². The average Bonchev–Trinajstić information content (AvgIpc) is 3.69. The zero-order valence-electron chi connectivity index (χ0n) is 22.6. The summed E-state index contributed by atoms with van der Waals surface area (Å²) < 4.78 is 15.1. The van der Waals surface area contributed by atoms with Gasteiger partial charge in [0.1, 0.15) is 11.5 Å². The van der Waals surface area contributed by atoms with Crippen LogP contribution in [0.3, 0.4) is 0 Å². The van der Waals surface area contributed by atoms with Gasteiger partial charge in [-0.05, 0) is 47.2 Å². The van der Waals surface area contributed by atoms with Crippen LogP contribution in [0.4, 0.5) is 4.39 Å². The summed E-state index contributed by atoms with van der Waals surface area (Å²) in [6.45, 7) is 0.862. The molecule has 5 aromatic rings. The van der Waals surface area contributed by atoms with Gasteiger partial charge in [0.05, 0.1) is 16.6 Å². The number of amides is 2. The molecule has 2 N–H and O–H groups in total. The molecule has 1 aliphatic heterocycles. The number of carboxylic acid groups (broad SMARTS) is 1. The summed E-state index contributed by atoms with van der Waals surface area (Å²) in [5, 5.41) is 21.6. The number of carboxylic acids is 1. The number of fused-ring (bicyclic) bond motifs is 1. The summed E-state index contributed by atoms with van der Waals surface area (Å²) in [5.74, 6) is -3.28. The molecule has 2 aromatic heterocycles. The first-order valence-electron chi connectivity index (χ1n) is 13.4. The van der Waals surface area contributed by atoms with Gasteiger partial charge >= 0.3 is 5.97 Å². The third-order valence-electron chi connectivity index (χ3n) is 7.28. The third kappa shape index (κ3) is 5.35. The Morgan fingerprint density at radius 1 is 0.884 bits per heavy atom. The number of rotatable bonds is 7. The normalized spacial score (nSPS) is 13.3. The van der Waals surface area contributed by atoms with Gasteiger partial charge in [0.2, 0.25) is 0 Å². The number of aromatic amines is 1. The number of ketones is 1. The maximum Gasteiger partial charge on any atom is 0.335 e. The number of nitrogens with zero attached hydrogens (tertiary/aromatic N) is 6. The molecule has 216 valence electrons. The predicted octanol–water partition coefficient (Wildman–Crippen LogP) is 2.74. The number of nitrogens with one attached hydrogen (secondary N) is 1. The van der Waals surface area contributed by atoms with E-state index in [0.29, 0.717) is 22.6 Å². The summed E-state index contributed by atoms with van der Waals surface area (Å²) in [5.41, 5.74) is 1.71. The van der Waals surface area contributed by atoms with Crippen LogP contribution in [-0.2, 0) is 11.2 Å². The van der Waals surface area contributed by atoms with Crippen LogP contribution in [0.1, 0.15) is 42.5 Å². The van der Waals surface area contributed by atoms with Crippen LogP contribution in [0.25, 0.3) is 16.6 Å².